The highest BCUT2D eigenvalue weighted by Crippen LogP contribution is 2.40. The number of ketones is 1. The quantitative estimate of drug-likeness (QED) is 0.638. The van der Waals surface area contributed by atoms with Gasteiger partial charge >= 0.3 is 0 Å². The average molecular weight is 340 g/mol. The molecule has 0 unspecified atom stereocenters. The highest BCUT2D eigenvalue weighted by molar-refractivity contribution is 6.05. The molecule has 7 heteroatoms. The number of benzene rings is 2. The molecule has 0 spiro atoms. The third-order valence-corrected chi connectivity index (χ3v) is 3.57. The van der Waals surface area contributed by atoms with Crippen molar-refractivity contribution in [3.05, 3.63) is 53.9 Å². The summed E-state index contributed by atoms with van der Waals surface area (Å²) in [6.07, 6.45) is 0. The summed E-state index contributed by atoms with van der Waals surface area (Å²) in [6.45, 7) is 0. The third kappa shape index (κ3) is 3.16. The van der Waals surface area contributed by atoms with Crippen LogP contribution in [0.2, 0.25) is 0 Å². The van der Waals surface area contributed by atoms with Crippen LogP contribution in [0, 0.1) is 0 Å². The van der Waals surface area contributed by atoms with Crippen LogP contribution in [-0.4, -0.2) is 37.3 Å². The largest absolute Gasteiger partial charge is 0.493 e. The van der Waals surface area contributed by atoms with Crippen LogP contribution in [-0.2, 0) is 0 Å². The Morgan fingerprint density at radius 3 is 2.12 bits per heavy atom. The van der Waals surface area contributed by atoms with Crippen LogP contribution in [0.5, 0.6) is 17.2 Å². The lowest BCUT2D eigenvalue weighted by atomic mass is 10.1. The van der Waals surface area contributed by atoms with Gasteiger partial charge < -0.3 is 18.6 Å². The maximum absolute atomic E-state index is 12.4. The lowest BCUT2D eigenvalue weighted by Gasteiger charge is -2.12. The third-order valence-electron chi connectivity index (χ3n) is 3.57. The van der Waals surface area contributed by atoms with E-state index in [0.29, 0.717) is 28.4 Å². The molecule has 0 amide bonds. The van der Waals surface area contributed by atoms with E-state index in [-0.39, 0.29) is 17.6 Å². The van der Waals surface area contributed by atoms with Crippen LogP contribution >= 0.6 is 0 Å². The molecule has 0 aliphatic rings. The van der Waals surface area contributed by atoms with Crippen LogP contribution in [0.15, 0.2) is 46.9 Å². The number of carbonyl (C=O) groups excluding carboxylic acids is 1. The van der Waals surface area contributed by atoms with Crippen LogP contribution in [0.4, 0.5) is 0 Å². The number of carbonyl (C=O) groups is 1. The first-order valence-electron chi connectivity index (χ1n) is 7.41. The average Bonchev–Trinajstić information content (AvgIpc) is 3.17. The molecule has 3 rings (SSSR count). The predicted molar refractivity (Wildman–Crippen MR) is 89.3 cm³/mol. The maximum Gasteiger partial charge on any atom is 0.289 e. The summed E-state index contributed by atoms with van der Waals surface area (Å²) in [5.41, 5.74) is 1.02. The summed E-state index contributed by atoms with van der Waals surface area (Å²) in [4.78, 5) is 12.4. The van der Waals surface area contributed by atoms with Gasteiger partial charge in [-0.1, -0.05) is 30.3 Å². The second kappa shape index (κ2) is 7.04. The minimum atomic E-state index is -0.341. The first-order chi connectivity index (χ1) is 12.2. The van der Waals surface area contributed by atoms with E-state index in [4.69, 9.17) is 18.6 Å². The van der Waals surface area contributed by atoms with Crippen molar-refractivity contribution in [1.82, 2.24) is 10.2 Å². The van der Waals surface area contributed by atoms with Gasteiger partial charge in [0.25, 0.3) is 5.89 Å². The summed E-state index contributed by atoms with van der Waals surface area (Å²) in [6, 6.07) is 12.1. The Labute approximate surface area is 144 Å². The van der Waals surface area contributed by atoms with E-state index in [0.717, 1.165) is 0 Å². The number of ether oxygens (including phenoxy) is 3. The van der Waals surface area contributed by atoms with Gasteiger partial charge in [0.05, 0.1) is 21.3 Å². The highest BCUT2D eigenvalue weighted by Gasteiger charge is 2.20. The van der Waals surface area contributed by atoms with Crippen molar-refractivity contribution < 1.29 is 23.4 Å². The number of hydrogen-bond acceptors (Lipinski definition) is 7. The Morgan fingerprint density at radius 2 is 1.56 bits per heavy atom. The van der Waals surface area contributed by atoms with Crippen LogP contribution in [0.25, 0.3) is 11.5 Å². The molecule has 25 heavy (non-hydrogen) atoms. The first-order valence-corrected chi connectivity index (χ1v) is 7.41. The fourth-order valence-electron chi connectivity index (χ4n) is 2.35. The minimum absolute atomic E-state index is 0.0880. The molecule has 0 saturated carbocycles. The maximum atomic E-state index is 12.4. The molecule has 128 valence electrons. The Morgan fingerprint density at radius 1 is 0.920 bits per heavy atom. The lowest BCUT2D eigenvalue weighted by Crippen LogP contribution is -2.00. The van der Waals surface area contributed by atoms with E-state index in [2.05, 4.69) is 10.2 Å². The van der Waals surface area contributed by atoms with Crippen molar-refractivity contribution >= 4 is 5.78 Å². The van der Waals surface area contributed by atoms with Gasteiger partial charge in [-0.05, 0) is 12.1 Å². The van der Waals surface area contributed by atoms with E-state index in [1.807, 2.05) is 6.07 Å². The van der Waals surface area contributed by atoms with Gasteiger partial charge in [-0.15, -0.1) is 10.2 Å². The van der Waals surface area contributed by atoms with Crippen molar-refractivity contribution in [3.63, 3.8) is 0 Å². The fraction of sp³-hybridized carbons (Fsp3) is 0.167. The zero-order chi connectivity index (χ0) is 17.8. The zero-order valence-corrected chi connectivity index (χ0v) is 14.0. The monoisotopic (exact) mass is 340 g/mol. The molecule has 0 fully saturated rings. The zero-order valence-electron chi connectivity index (χ0n) is 14.0. The van der Waals surface area contributed by atoms with Gasteiger partial charge in [-0.2, -0.15) is 0 Å². The summed E-state index contributed by atoms with van der Waals surface area (Å²) in [5.74, 6) is 1.10. The normalized spacial score (nSPS) is 10.4. The van der Waals surface area contributed by atoms with Crippen molar-refractivity contribution in [1.29, 1.82) is 0 Å². The summed E-state index contributed by atoms with van der Waals surface area (Å²) in [7, 11) is 4.54. The second-order valence-electron chi connectivity index (χ2n) is 5.02. The molecule has 2 aromatic carbocycles. The van der Waals surface area contributed by atoms with E-state index >= 15 is 0 Å². The highest BCUT2D eigenvalue weighted by atomic mass is 16.5. The summed E-state index contributed by atoms with van der Waals surface area (Å²) < 4.78 is 21.4. The molecule has 1 heterocycles. The van der Waals surface area contributed by atoms with Gasteiger partial charge in [0.2, 0.25) is 17.4 Å². The fourth-order valence-corrected chi connectivity index (χ4v) is 2.35. The predicted octanol–water partition coefficient (Wildman–Crippen LogP) is 2.99. The number of rotatable bonds is 6. The lowest BCUT2D eigenvalue weighted by molar-refractivity contribution is 0.100. The van der Waals surface area contributed by atoms with Crippen LogP contribution in [0.1, 0.15) is 16.2 Å². The van der Waals surface area contributed by atoms with Crippen molar-refractivity contribution in [2.24, 2.45) is 0 Å². The molecule has 0 aliphatic carbocycles. The molecule has 0 saturated heterocycles. The Bertz CT molecular complexity index is 864. The number of aromatic nitrogens is 2. The Kier molecular flexibility index (Phi) is 4.65. The van der Waals surface area contributed by atoms with E-state index in [9.17, 15) is 4.79 Å². The van der Waals surface area contributed by atoms with Gasteiger partial charge in [-0.3, -0.25) is 4.79 Å². The molecular formula is C18H16N2O5. The smallest absolute Gasteiger partial charge is 0.289 e. The van der Waals surface area contributed by atoms with Crippen molar-refractivity contribution in [3.8, 4) is 28.7 Å². The minimum Gasteiger partial charge on any atom is -0.493 e. The second-order valence-corrected chi connectivity index (χ2v) is 5.02. The Hall–Kier alpha value is -3.35. The molecule has 3 aromatic rings. The summed E-state index contributed by atoms with van der Waals surface area (Å²) in [5, 5.41) is 7.79. The van der Waals surface area contributed by atoms with Crippen molar-refractivity contribution in [2.75, 3.05) is 21.3 Å². The SMILES string of the molecule is COc1cc(-c2nnc(C(=O)c3ccccc3)o2)cc(OC)c1OC. The standard InChI is InChI=1S/C18H16N2O5/c1-22-13-9-12(10-14(23-2)16(13)24-3)17-19-20-18(25-17)15(21)11-7-5-4-6-8-11/h4-10H,1-3H3. The van der Waals surface area contributed by atoms with E-state index in [1.165, 1.54) is 21.3 Å². The number of nitrogens with zero attached hydrogens (tertiary/aromatic N) is 2. The molecule has 0 bridgehead atoms. The number of methoxy groups -OCH3 is 3. The molecule has 0 atom stereocenters. The van der Waals surface area contributed by atoms with Crippen LogP contribution < -0.4 is 14.2 Å². The van der Waals surface area contributed by atoms with Crippen LogP contribution in [0.3, 0.4) is 0 Å². The van der Waals surface area contributed by atoms with E-state index < -0.39 is 0 Å². The topological polar surface area (TPSA) is 83.7 Å². The first kappa shape index (κ1) is 16.5. The summed E-state index contributed by atoms with van der Waals surface area (Å²) >= 11 is 0. The molecule has 0 aliphatic heterocycles. The van der Waals surface area contributed by atoms with Gasteiger partial charge in [-0.25, -0.2) is 0 Å². The molecule has 7 nitrogen and oxygen atoms in total. The molecular weight excluding hydrogens is 324 g/mol. The molecule has 1 aromatic heterocycles. The number of hydrogen-bond donors (Lipinski definition) is 0. The van der Waals surface area contributed by atoms with E-state index in [1.54, 1.807) is 36.4 Å². The van der Waals surface area contributed by atoms with Crippen molar-refractivity contribution in [2.45, 2.75) is 0 Å². The molecule has 0 N–H and O–H groups in total. The van der Waals surface area contributed by atoms with Gasteiger partial charge in [0.1, 0.15) is 0 Å². The van der Waals surface area contributed by atoms with Gasteiger partial charge in [0, 0.05) is 11.1 Å². The molecule has 0 radical (unpaired) electrons. The van der Waals surface area contributed by atoms with Gasteiger partial charge in [0.15, 0.2) is 11.5 Å². The Balaban J connectivity index is 1.99.